The molecule has 1 aromatic carbocycles. The van der Waals surface area contributed by atoms with E-state index in [1.807, 2.05) is 30.3 Å². The Morgan fingerprint density at radius 2 is 1.80 bits per heavy atom. The van der Waals surface area contributed by atoms with Gasteiger partial charge in [-0.25, -0.2) is 9.97 Å². The average Bonchev–Trinajstić information content (AvgIpc) is 2.81. The quantitative estimate of drug-likeness (QED) is 0.854. The van der Waals surface area contributed by atoms with Crippen LogP contribution in [-0.2, 0) is 4.79 Å². The Bertz CT molecular complexity index is 651. The fourth-order valence-electron chi connectivity index (χ4n) is 1.93. The fraction of sp³-hybridized carbons (Fsp3) is 0.133. The monoisotopic (exact) mass is 267 g/mol. The lowest BCUT2D eigenvalue weighted by Gasteiger charge is -2.08. The minimum Gasteiger partial charge on any atom is -0.454 e. The molecule has 0 fully saturated rings. The number of carbonyl (C=O) groups excluding carboxylic acids is 1. The van der Waals surface area contributed by atoms with Crippen molar-refractivity contribution in [2.24, 2.45) is 0 Å². The number of hydrogen-bond donors (Lipinski definition) is 0. The van der Waals surface area contributed by atoms with Crippen molar-refractivity contribution in [3.63, 3.8) is 0 Å². The molecule has 5 heteroatoms. The highest BCUT2D eigenvalue weighted by Gasteiger charge is 2.20. The zero-order valence-electron chi connectivity index (χ0n) is 11.0. The van der Waals surface area contributed by atoms with Crippen LogP contribution >= 0.6 is 0 Å². The number of ether oxygens (including phenoxy) is 1. The van der Waals surface area contributed by atoms with Gasteiger partial charge in [-0.2, -0.15) is 0 Å². The van der Waals surface area contributed by atoms with Gasteiger partial charge in [0.2, 0.25) is 5.91 Å². The SMILES string of the molecule is CN1CC(c2ncc(Oc3ccccc3)cn2)=CC1=O. The largest absolute Gasteiger partial charge is 0.454 e. The van der Waals surface area contributed by atoms with Crippen LogP contribution < -0.4 is 4.74 Å². The van der Waals surface area contributed by atoms with Gasteiger partial charge in [0.05, 0.1) is 12.4 Å². The first-order valence-corrected chi connectivity index (χ1v) is 6.23. The second kappa shape index (κ2) is 5.13. The van der Waals surface area contributed by atoms with Gasteiger partial charge < -0.3 is 9.64 Å². The summed E-state index contributed by atoms with van der Waals surface area (Å²) < 4.78 is 5.62. The molecule has 0 spiro atoms. The number of benzene rings is 1. The van der Waals surface area contributed by atoms with Gasteiger partial charge in [-0.15, -0.1) is 0 Å². The highest BCUT2D eigenvalue weighted by molar-refractivity contribution is 5.99. The zero-order valence-corrected chi connectivity index (χ0v) is 11.0. The first-order valence-electron chi connectivity index (χ1n) is 6.23. The number of nitrogens with zero attached hydrogens (tertiary/aromatic N) is 3. The summed E-state index contributed by atoms with van der Waals surface area (Å²) in [7, 11) is 1.75. The predicted octanol–water partition coefficient (Wildman–Crippen LogP) is 2.12. The van der Waals surface area contributed by atoms with Crippen molar-refractivity contribution in [2.75, 3.05) is 13.6 Å². The number of para-hydroxylation sites is 1. The molecule has 0 bridgehead atoms. The van der Waals surface area contributed by atoms with E-state index in [4.69, 9.17) is 4.74 Å². The molecule has 2 heterocycles. The van der Waals surface area contributed by atoms with Crippen LogP contribution in [0.2, 0.25) is 0 Å². The van der Waals surface area contributed by atoms with Gasteiger partial charge in [-0.05, 0) is 12.1 Å². The minimum absolute atomic E-state index is 0.0202. The molecule has 0 atom stereocenters. The Morgan fingerprint density at radius 1 is 1.10 bits per heavy atom. The second-order valence-corrected chi connectivity index (χ2v) is 4.52. The predicted molar refractivity (Wildman–Crippen MR) is 74.2 cm³/mol. The topological polar surface area (TPSA) is 55.3 Å². The van der Waals surface area contributed by atoms with Gasteiger partial charge in [-0.1, -0.05) is 18.2 Å². The van der Waals surface area contributed by atoms with E-state index in [2.05, 4.69) is 9.97 Å². The van der Waals surface area contributed by atoms with Crippen molar-refractivity contribution in [2.45, 2.75) is 0 Å². The van der Waals surface area contributed by atoms with E-state index in [0.29, 0.717) is 18.1 Å². The third kappa shape index (κ3) is 2.51. The second-order valence-electron chi connectivity index (χ2n) is 4.52. The highest BCUT2D eigenvalue weighted by Crippen LogP contribution is 2.21. The Kier molecular flexibility index (Phi) is 3.16. The van der Waals surface area contributed by atoms with E-state index in [0.717, 1.165) is 11.3 Å². The molecule has 1 aromatic heterocycles. The van der Waals surface area contributed by atoms with Crippen molar-refractivity contribution in [1.82, 2.24) is 14.9 Å². The summed E-state index contributed by atoms with van der Waals surface area (Å²) in [5.74, 6) is 1.84. The third-order valence-corrected chi connectivity index (χ3v) is 2.98. The number of likely N-dealkylation sites (N-methyl/N-ethyl adjacent to an activating group) is 1. The van der Waals surface area contributed by atoms with E-state index in [1.165, 1.54) is 0 Å². The van der Waals surface area contributed by atoms with Crippen molar-refractivity contribution in [3.8, 4) is 11.5 Å². The van der Waals surface area contributed by atoms with Crippen LogP contribution in [-0.4, -0.2) is 34.4 Å². The molecule has 0 N–H and O–H groups in total. The molecule has 5 nitrogen and oxygen atoms in total. The standard InChI is InChI=1S/C15H13N3O2/c1-18-10-11(7-14(18)19)15-16-8-13(9-17-15)20-12-5-3-2-4-6-12/h2-9H,10H2,1H3. The maximum absolute atomic E-state index is 11.4. The molecule has 1 aliphatic heterocycles. The molecular formula is C15H13N3O2. The van der Waals surface area contributed by atoms with E-state index in [9.17, 15) is 4.79 Å². The lowest BCUT2D eigenvalue weighted by Crippen LogP contribution is -2.19. The fourth-order valence-corrected chi connectivity index (χ4v) is 1.93. The molecule has 3 rings (SSSR count). The Morgan fingerprint density at radius 3 is 2.40 bits per heavy atom. The Labute approximate surface area is 116 Å². The Hall–Kier alpha value is -2.69. The van der Waals surface area contributed by atoms with Crippen LogP contribution in [0.5, 0.6) is 11.5 Å². The van der Waals surface area contributed by atoms with Gasteiger partial charge >= 0.3 is 0 Å². The van der Waals surface area contributed by atoms with Gasteiger partial charge in [0.25, 0.3) is 0 Å². The lowest BCUT2D eigenvalue weighted by molar-refractivity contribution is -0.123. The van der Waals surface area contributed by atoms with Crippen LogP contribution in [0.1, 0.15) is 5.82 Å². The maximum atomic E-state index is 11.4. The summed E-state index contributed by atoms with van der Waals surface area (Å²) in [6.45, 7) is 0.539. The van der Waals surface area contributed by atoms with Crippen LogP contribution in [0.4, 0.5) is 0 Å². The number of rotatable bonds is 3. The van der Waals surface area contributed by atoms with E-state index in [1.54, 1.807) is 30.4 Å². The van der Waals surface area contributed by atoms with E-state index >= 15 is 0 Å². The molecule has 0 aliphatic carbocycles. The molecule has 1 amide bonds. The molecule has 0 saturated heterocycles. The summed E-state index contributed by atoms with van der Waals surface area (Å²) >= 11 is 0. The molecule has 0 saturated carbocycles. The molecular weight excluding hydrogens is 254 g/mol. The lowest BCUT2D eigenvalue weighted by atomic mass is 10.2. The van der Waals surface area contributed by atoms with Gasteiger partial charge in [0, 0.05) is 25.2 Å². The normalized spacial score (nSPS) is 14.3. The first kappa shape index (κ1) is 12.3. The molecule has 1 aliphatic rings. The average molecular weight is 267 g/mol. The van der Waals surface area contributed by atoms with Gasteiger partial charge in [-0.3, -0.25) is 4.79 Å². The maximum Gasteiger partial charge on any atom is 0.247 e. The van der Waals surface area contributed by atoms with Gasteiger partial charge in [0.15, 0.2) is 11.6 Å². The summed E-state index contributed by atoms with van der Waals surface area (Å²) in [6.07, 6.45) is 4.78. The van der Waals surface area contributed by atoms with Crippen molar-refractivity contribution >= 4 is 11.5 Å². The van der Waals surface area contributed by atoms with Crippen molar-refractivity contribution in [3.05, 3.63) is 54.6 Å². The molecule has 20 heavy (non-hydrogen) atoms. The molecule has 0 unspecified atom stereocenters. The van der Waals surface area contributed by atoms with Crippen LogP contribution in [0.3, 0.4) is 0 Å². The number of hydrogen-bond acceptors (Lipinski definition) is 4. The molecule has 0 radical (unpaired) electrons. The first-order chi connectivity index (χ1) is 9.72. The zero-order chi connectivity index (χ0) is 13.9. The van der Waals surface area contributed by atoms with Gasteiger partial charge in [0.1, 0.15) is 5.75 Å². The van der Waals surface area contributed by atoms with Crippen LogP contribution in [0.25, 0.3) is 5.57 Å². The van der Waals surface area contributed by atoms with Crippen LogP contribution in [0, 0.1) is 0 Å². The molecule has 100 valence electrons. The van der Waals surface area contributed by atoms with Crippen LogP contribution in [0.15, 0.2) is 48.8 Å². The van der Waals surface area contributed by atoms with Crippen molar-refractivity contribution in [1.29, 1.82) is 0 Å². The number of aromatic nitrogens is 2. The smallest absolute Gasteiger partial charge is 0.247 e. The number of carbonyl (C=O) groups is 1. The third-order valence-electron chi connectivity index (χ3n) is 2.98. The van der Waals surface area contributed by atoms with Crippen molar-refractivity contribution < 1.29 is 9.53 Å². The van der Waals surface area contributed by atoms with E-state index in [-0.39, 0.29) is 5.91 Å². The summed E-state index contributed by atoms with van der Waals surface area (Å²) in [5.41, 5.74) is 0.823. The summed E-state index contributed by atoms with van der Waals surface area (Å²) in [5, 5.41) is 0. The summed E-state index contributed by atoms with van der Waals surface area (Å²) in [4.78, 5) is 21.5. The number of amides is 1. The summed E-state index contributed by atoms with van der Waals surface area (Å²) in [6, 6.07) is 9.44. The molecule has 2 aromatic rings. The minimum atomic E-state index is -0.0202. The van der Waals surface area contributed by atoms with E-state index < -0.39 is 0 Å². The Balaban J connectivity index is 1.75. The highest BCUT2D eigenvalue weighted by atomic mass is 16.5.